The molecule has 40 heavy (non-hydrogen) atoms. The SMILES string of the molecule is Cc1cc(-c2nnc(-c3c(C(C)C)cc(C(C)C)cc3C(C)C)o2)ccc1-n1c2ccccc2c2ccccc21. The van der Waals surface area contributed by atoms with E-state index in [0.717, 1.165) is 22.4 Å². The molecule has 0 saturated carbocycles. The van der Waals surface area contributed by atoms with Crippen LogP contribution in [0.4, 0.5) is 0 Å². The molecule has 0 aliphatic carbocycles. The molecule has 4 heteroatoms. The van der Waals surface area contributed by atoms with Crippen molar-refractivity contribution in [2.75, 3.05) is 0 Å². The number of hydrogen-bond acceptors (Lipinski definition) is 3. The summed E-state index contributed by atoms with van der Waals surface area (Å²) in [4.78, 5) is 0. The van der Waals surface area contributed by atoms with Crippen molar-refractivity contribution in [3.63, 3.8) is 0 Å². The molecule has 0 aliphatic heterocycles. The van der Waals surface area contributed by atoms with Gasteiger partial charge in [0.2, 0.25) is 11.8 Å². The lowest BCUT2D eigenvalue weighted by Gasteiger charge is -2.21. The van der Waals surface area contributed by atoms with Gasteiger partial charge in [0.15, 0.2) is 0 Å². The number of nitrogens with zero attached hydrogens (tertiary/aromatic N) is 3. The average molecular weight is 528 g/mol. The fraction of sp³-hybridized carbons (Fsp3) is 0.278. The summed E-state index contributed by atoms with van der Waals surface area (Å²) in [7, 11) is 0. The third-order valence-corrected chi connectivity index (χ3v) is 8.04. The van der Waals surface area contributed by atoms with Crippen molar-refractivity contribution in [2.45, 2.75) is 66.2 Å². The van der Waals surface area contributed by atoms with Crippen LogP contribution in [-0.2, 0) is 0 Å². The molecular weight excluding hydrogens is 490 g/mol. The van der Waals surface area contributed by atoms with Crippen LogP contribution in [0.5, 0.6) is 0 Å². The van der Waals surface area contributed by atoms with Crippen LogP contribution in [0, 0.1) is 6.92 Å². The fourth-order valence-corrected chi connectivity index (χ4v) is 5.87. The molecule has 0 unspecified atom stereocenters. The first kappa shape index (κ1) is 26.1. The summed E-state index contributed by atoms with van der Waals surface area (Å²) in [5.74, 6) is 2.29. The van der Waals surface area contributed by atoms with E-state index in [4.69, 9.17) is 4.42 Å². The van der Waals surface area contributed by atoms with Gasteiger partial charge in [-0.3, -0.25) is 0 Å². The molecule has 4 nitrogen and oxygen atoms in total. The molecule has 0 spiro atoms. The third kappa shape index (κ3) is 4.32. The number of rotatable bonds is 6. The summed E-state index contributed by atoms with van der Waals surface area (Å²) in [5, 5.41) is 11.6. The Bertz CT molecular complexity index is 1770. The maximum atomic E-state index is 6.43. The Kier molecular flexibility index (Phi) is 6.58. The maximum absolute atomic E-state index is 6.43. The Labute approximate surface area is 236 Å². The first-order valence-electron chi connectivity index (χ1n) is 14.4. The Morgan fingerprint density at radius 1 is 0.625 bits per heavy atom. The zero-order valence-corrected chi connectivity index (χ0v) is 24.5. The zero-order valence-electron chi connectivity index (χ0n) is 24.5. The second-order valence-corrected chi connectivity index (χ2v) is 11.8. The van der Waals surface area contributed by atoms with Gasteiger partial charge in [-0.25, -0.2) is 0 Å². The topological polar surface area (TPSA) is 43.9 Å². The maximum Gasteiger partial charge on any atom is 0.248 e. The molecule has 6 rings (SSSR count). The van der Waals surface area contributed by atoms with Crippen molar-refractivity contribution in [1.82, 2.24) is 14.8 Å². The monoisotopic (exact) mass is 527 g/mol. The lowest BCUT2D eigenvalue weighted by atomic mass is 9.84. The first-order chi connectivity index (χ1) is 19.2. The predicted molar refractivity (Wildman–Crippen MR) is 167 cm³/mol. The molecule has 0 aliphatic rings. The highest BCUT2D eigenvalue weighted by Gasteiger charge is 2.23. The van der Waals surface area contributed by atoms with E-state index in [9.17, 15) is 0 Å². The molecule has 0 amide bonds. The summed E-state index contributed by atoms with van der Waals surface area (Å²) in [6.07, 6.45) is 0. The summed E-state index contributed by atoms with van der Waals surface area (Å²) >= 11 is 0. The van der Waals surface area contributed by atoms with Crippen molar-refractivity contribution in [2.24, 2.45) is 0 Å². The van der Waals surface area contributed by atoms with Gasteiger partial charge in [0.1, 0.15) is 0 Å². The Balaban J connectivity index is 1.45. The lowest BCUT2D eigenvalue weighted by Crippen LogP contribution is -2.03. The van der Waals surface area contributed by atoms with Crippen molar-refractivity contribution in [3.05, 3.63) is 101 Å². The minimum absolute atomic E-state index is 0.342. The van der Waals surface area contributed by atoms with Gasteiger partial charge < -0.3 is 8.98 Å². The summed E-state index contributed by atoms with van der Waals surface area (Å²) in [5.41, 5.74) is 10.6. The second-order valence-electron chi connectivity index (χ2n) is 11.8. The van der Waals surface area contributed by atoms with Crippen LogP contribution in [0.1, 0.15) is 81.5 Å². The number of benzene rings is 4. The Hall–Kier alpha value is -4.18. The standard InChI is InChI=1S/C36H37N3O/c1-21(2)26-19-29(22(3)4)34(30(20-26)23(5)6)36-38-37-35(40-36)25-16-17-31(24(7)18-25)39-32-14-10-8-12-27(32)28-13-9-11-15-33(28)39/h8-23H,1-7H3. The smallest absolute Gasteiger partial charge is 0.248 e. The van der Waals surface area contributed by atoms with Crippen molar-refractivity contribution in [1.29, 1.82) is 0 Å². The Morgan fingerprint density at radius 3 is 1.70 bits per heavy atom. The van der Waals surface area contributed by atoms with Gasteiger partial charge in [-0.05, 0) is 77.3 Å². The van der Waals surface area contributed by atoms with Gasteiger partial charge in [-0.1, -0.05) is 90.1 Å². The molecule has 0 atom stereocenters. The Morgan fingerprint density at radius 2 is 1.18 bits per heavy atom. The van der Waals surface area contributed by atoms with Gasteiger partial charge in [-0.15, -0.1) is 10.2 Å². The van der Waals surface area contributed by atoms with Crippen LogP contribution in [0.3, 0.4) is 0 Å². The van der Waals surface area contributed by atoms with E-state index >= 15 is 0 Å². The molecule has 2 aromatic heterocycles. The van der Waals surface area contributed by atoms with Crippen LogP contribution in [-0.4, -0.2) is 14.8 Å². The highest BCUT2D eigenvalue weighted by molar-refractivity contribution is 6.09. The number of aryl methyl sites for hydroxylation is 1. The van der Waals surface area contributed by atoms with Gasteiger partial charge in [0, 0.05) is 27.6 Å². The van der Waals surface area contributed by atoms with Crippen molar-refractivity contribution >= 4 is 21.8 Å². The normalized spacial score (nSPS) is 12.1. The van der Waals surface area contributed by atoms with E-state index in [0.29, 0.717) is 29.5 Å². The van der Waals surface area contributed by atoms with E-state index in [2.05, 4.69) is 142 Å². The van der Waals surface area contributed by atoms with Gasteiger partial charge in [0.25, 0.3) is 0 Å². The summed E-state index contributed by atoms with van der Waals surface area (Å²) in [6, 6.07) is 28.3. The van der Waals surface area contributed by atoms with Gasteiger partial charge in [0.05, 0.1) is 11.0 Å². The molecule has 0 bridgehead atoms. The zero-order chi connectivity index (χ0) is 28.1. The van der Waals surface area contributed by atoms with Crippen molar-refractivity contribution < 1.29 is 4.42 Å². The van der Waals surface area contributed by atoms with Crippen molar-refractivity contribution in [3.8, 4) is 28.6 Å². The minimum Gasteiger partial charge on any atom is -0.416 e. The van der Waals surface area contributed by atoms with Gasteiger partial charge >= 0.3 is 0 Å². The van der Waals surface area contributed by atoms with Crippen LogP contribution < -0.4 is 0 Å². The first-order valence-corrected chi connectivity index (χ1v) is 14.4. The van der Waals surface area contributed by atoms with E-state index < -0.39 is 0 Å². The molecule has 0 fully saturated rings. The number of hydrogen-bond donors (Lipinski definition) is 0. The molecule has 4 aromatic carbocycles. The van der Waals surface area contributed by atoms with Crippen LogP contribution in [0.25, 0.3) is 50.4 Å². The molecule has 0 radical (unpaired) electrons. The summed E-state index contributed by atoms with van der Waals surface area (Å²) in [6.45, 7) is 15.6. The quantitative estimate of drug-likeness (QED) is 0.216. The molecule has 0 N–H and O–H groups in total. The van der Waals surface area contributed by atoms with E-state index in [1.807, 2.05) is 0 Å². The van der Waals surface area contributed by atoms with Crippen LogP contribution >= 0.6 is 0 Å². The van der Waals surface area contributed by atoms with E-state index in [1.54, 1.807) is 0 Å². The highest BCUT2D eigenvalue weighted by atomic mass is 16.4. The minimum atomic E-state index is 0.342. The fourth-order valence-electron chi connectivity index (χ4n) is 5.87. The average Bonchev–Trinajstić information content (AvgIpc) is 3.56. The molecular formula is C36H37N3O. The molecule has 202 valence electrons. The molecule has 6 aromatic rings. The second kappa shape index (κ2) is 10.1. The highest BCUT2D eigenvalue weighted by Crippen LogP contribution is 2.39. The summed E-state index contributed by atoms with van der Waals surface area (Å²) < 4.78 is 8.79. The van der Waals surface area contributed by atoms with Gasteiger partial charge in [-0.2, -0.15) is 0 Å². The predicted octanol–water partition coefficient (Wildman–Crippen LogP) is 10.2. The van der Waals surface area contributed by atoms with E-state index in [-0.39, 0.29) is 0 Å². The third-order valence-electron chi connectivity index (χ3n) is 8.04. The number of aromatic nitrogens is 3. The van der Waals surface area contributed by atoms with Crippen LogP contribution in [0.2, 0.25) is 0 Å². The largest absolute Gasteiger partial charge is 0.416 e. The van der Waals surface area contributed by atoms with E-state index in [1.165, 1.54) is 38.5 Å². The number of fused-ring (bicyclic) bond motifs is 3. The molecule has 2 heterocycles. The molecule has 0 saturated heterocycles. The van der Waals surface area contributed by atoms with Crippen LogP contribution in [0.15, 0.2) is 83.3 Å². The lowest BCUT2D eigenvalue weighted by molar-refractivity contribution is 0.581. The number of para-hydroxylation sites is 2.